The third-order valence-corrected chi connectivity index (χ3v) is 0.766. The standard InChI is InChI=1S/2Na.H2O8S2.2H2O3S/c;;1-9(2,3)7-8-10(4,5)6;2*1-4(2)3/h;;(H,1,2,3)(H,4,5,6);2*(H2,1,2,3)/q2*+1;;;/p-2. The molecule has 0 aliphatic heterocycles. The molecule has 0 aliphatic rings. The van der Waals surface area contributed by atoms with Crippen molar-refractivity contribution in [3.05, 3.63) is 0 Å². The molecular formula is H4Na2O14S4. The maximum absolute atomic E-state index is 9.51. The zero-order valence-corrected chi connectivity index (χ0v) is 16.8. The fraction of sp³-hybridized carbons (Fsp3) is 0. The van der Waals surface area contributed by atoms with Gasteiger partial charge in [-0.05, 0) is 0 Å². The van der Waals surface area contributed by atoms with E-state index in [1.165, 1.54) is 0 Å². The average molecular weight is 402 g/mol. The predicted octanol–water partition coefficient (Wildman–Crippen LogP) is -8.77. The van der Waals surface area contributed by atoms with Crippen molar-refractivity contribution in [2.45, 2.75) is 0 Å². The molecule has 0 atom stereocenters. The molecule has 0 rings (SSSR count). The zero-order valence-electron chi connectivity index (χ0n) is 9.50. The van der Waals surface area contributed by atoms with Gasteiger partial charge in [-0.2, -0.15) is 21.0 Å². The van der Waals surface area contributed by atoms with Gasteiger partial charge in [0.1, 0.15) is 0 Å². The van der Waals surface area contributed by atoms with Crippen LogP contribution >= 0.6 is 0 Å². The fourth-order valence-electron chi connectivity index (χ4n) is 0.0702. The number of rotatable bonds is 3. The van der Waals surface area contributed by atoms with Crippen LogP contribution in [0.2, 0.25) is 0 Å². The van der Waals surface area contributed by atoms with Gasteiger partial charge in [-0.25, -0.2) is 0 Å². The molecule has 4 N–H and O–H groups in total. The second kappa shape index (κ2) is 17.2. The fourth-order valence-corrected chi connectivity index (χ4v) is 0.632. The Bertz CT molecular complexity index is 392. The molecule has 0 aromatic carbocycles. The van der Waals surface area contributed by atoms with Crippen molar-refractivity contribution in [1.29, 1.82) is 0 Å². The van der Waals surface area contributed by atoms with Crippen molar-refractivity contribution < 1.29 is 120 Å². The summed E-state index contributed by atoms with van der Waals surface area (Å²) in [7, 11) is -10.0. The molecule has 0 unspecified atom stereocenters. The third kappa shape index (κ3) is 89.9. The van der Waals surface area contributed by atoms with Gasteiger partial charge >= 0.3 is 79.9 Å². The molecule has 0 amide bonds. The normalized spacial score (nSPS) is 10.2. The molecule has 0 heterocycles. The molecule has 14 nitrogen and oxygen atoms in total. The second-order valence-corrected chi connectivity index (χ2v) is 4.28. The van der Waals surface area contributed by atoms with Crippen LogP contribution < -0.4 is 59.1 Å². The van der Waals surface area contributed by atoms with Crippen LogP contribution in [-0.2, 0) is 52.2 Å². The Balaban J connectivity index is -0.0000000637. The molecule has 0 aromatic heterocycles. The van der Waals surface area contributed by atoms with Crippen molar-refractivity contribution in [3.8, 4) is 0 Å². The van der Waals surface area contributed by atoms with Gasteiger partial charge in [-0.1, -0.05) is 8.67 Å². The summed E-state index contributed by atoms with van der Waals surface area (Å²) in [6.45, 7) is 0. The van der Waals surface area contributed by atoms with Crippen LogP contribution in [0.15, 0.2) is 0 Å². The van der Waals surface area contributed by atoms with Crippen molar-refractivity contribution >= 4 is 43.5 Å². The summed E-state index contributed by atoms with van der Waals surface area (Å²) in [5.41, 5.74) is 0. The van der Waals surface area contributed by atoms with Gasteiger partial charge in [0.15, 0.2) is 0 Å². The van der Waals surface area contributed by atoms with Crippen LogP contribution in [-0.4, -0.2) is 52.6 Å². The van der Waals surface area contributed by atoms with E-state index in [-0.39, 0.29) is 59.1 Å². The third-order valence-electron chi connectivity index (χ3n) is 0.200. The summed E-state index contributed by atoms with van der Waals surface area (Å²) in [5.74, 6) is 0. The predicted molar refractivity (Wildman–Crippen MR) is 48.4 cm³/mol. The van der Waals surface area contributed by atoms with Crippen molar-refractivity contribution in [2.75, 3.05) is 0 Å². The Morgan fingerprint density at radius 1 is 0.800 bits per heavy atom. The molecule has 0 aliphatic carbocycles. The van der Waals surface area contributed by atoms with E-state index in [0.29, 0.717) is 0 Å². The first-order valence-electron chi connectivity index (χ1n) is 2.56. The largest absolute Gasteiger partial charge is 1.00 e. The van der Waals surface area contributed by atoms with Gasteiger partial charge in [0, 0.05) is 0 Å². The molecule has 0 saturated carbocycles. The first-order chi connectivity index (χ1) is 7.67. The molecule has 0 aromatic rings. The van der Waals surface area contributed by atoms with Gasteiger partial charge in [0.2, 0.25) is 0 Å². The molecule has 20 heavy (non-hydrogen) atoms. The maximum atomic E-state index is 9.51. The van der Waals surface area contributed by atoms with E-state index in [2.05, 4.69) is 8.67 Å². The summed E-state index contributed by atoms with van der Waals surface area (Å²) in [4.78, 5) is 0. The van der Waals surface area contributed by atoms with Crippen LogP contribution in [0.1, 0.15) is 0 Å². The Kier molecular flexibility index (Phi) is 28.9. The van der Waals surface area contributed by atoms with E-state index in [1.54, 1.807) is 0 Å². The van der Waals surface area contributed by atoms with Crippen LogP contribution in [0.3, 0.4) is 0 Å². The molecule has 0 spiro atoms. The Morgan fingerprint density at radius 2 is 0.900 bits per heavy atom. The van der Waals surface area contributed by atoms with Gasteiger partial charge in [-0.15, -0.1) is 11.4 Å². The van der Waals surface area contributed by atoms with Crippen LogP contribution in [0.4, 0.5) is 0 Å². The van der Waals surface area contributed by atoms with Gasteiger partial charge < -0.3 is 9.11 Å². The van der Waals surface area contributed by atoms with E-state index in [9.17, 15) is 16.8 Å². The van der Waals surface area contributed by atoms with Crippen molar-refractivity contribution in [2.24, 2.45) is 0 Å². The summed E-state index contributed by atoms with van der Waals surface area (Å²) in [6, 6.07) is 0. The summed E-state index contributed by atoms with van der Waals surface area (Å²) in [5, 5.41) is 0. The molecule has 114 valence electrons. The molecule has 20 heteroatoms. The SMILES string of the molecule is O=S(=O)(O)OOS(=O)(=O)O.O=S(O)O.O=S([O-])[O-].[Na+].[Na+]. The maximum Gasteiger partial charge on any atom is 1.00 e. The second-order valence-electron chi connectivity index (χ2n) is 1.43. The van der Waals surface area contributed by atoms with Gasteiger partial charge in [0.25, 0.3) is 11.4 Å². The Hall–Kier alpha value is 1.88. The van der Waals surface area contributed by atoms with Crippen LogP contribution in [0.25, 0.3) is 0 Å². The molecule has 0 fully saturated rings. The van der Waals surface area contributed by atoms with Crippen LogP contribution in [0.5, 0.6) is 0 Å². The Labute approximate surface area is 162 Å². The van der Waals surface area contributed by atoms with Crippen LogP contribution in [0, 0.1) is 0 Å². The van der Waals surface area contributed by atoms with E-state index in [4.69, 9.17) is 35.7 Å². The van der Waals surface area contributed by atoms with E-state index in [0.717, 1.165) is 0 Å². The Morgan fingerprint density at radius 3 is 0.950 bits per heavy atom. The summed E-state index contributed by atoms with van der Waals surface area (Å²) >= 11 is -5.72. The van der Waals surface area contributed by atoms with Crippen molar-refractivity contribution in [1.82, 2.24) is 0 Å². The molecular weight excluding hydrogens is 398 g/mol. The van der Waals surface area contributed by atoms with E-state index in [1.807, 2.05) is 0 Å². The minimum atomic E-state index is -5.02. The summed E-state index contributed by atoms with van der Waals surface area (Å²) in [6.07, 6.45) is 0. The van der Waals surface area contributed by atoms with Crippen molar-refractivity contribution in [3.63, 3.8) is 0 Å². The topological polar surface area (TPSA) is 248 Å². The number of hydrogen-bond donors (Lipinski definition) is 4. The minimum absolute atomic E-state index is 0. The molecule has 0 saturated heterocycles. The summed E-state index contributed by atoms with van der Waals surface area (Å²) < 4.78 is 107. The van der Waals surface area contributed by atoms with Gasteiger partial charge in [0.05, 0.1) is 0 Å². The quantitative estimate of drug-likeness (QED) is 0.112. The first kappa shape index (κ1) is 33.5. The van der Waals surface area contributed by atoms with E-state index < -0.39 is 43.5 Å². The average Bonchev–Trinajstić information content (AvgIpc) is 1.95. The zero-order chi connectivity index (χ0) is 15.6. The smallest absolute Gasteiger partial charge is 0.784 e. The molecule has 0 bridgehead atoms. The minimum Gasteiger partial charge on any atom is -0.784 e. The first-order valence-corrected chi connectivity index (χ1v) is 7.36. The van der Waals surface area contributed by atoms with E-state index >= 15 is 0 Å². The molecule has 0 radical (unpaired) electrons. The number of hydrogen-bond acceptors (Lipinski definition) is 10. The monoisotopic (exact) mass is 402 g/mol. The van der Waals surface area contributed by atoms with Gasteiger partial charge in [-0.3, -0.25) is 22.4 Å².